The van der Waals surface area contributed by atoms with E-state index < -0.39 is 0 Å². The minimum absolute atomic E-state index is 0. The van der Waals surface area contributed by atoms with Crippen molar-refractivity contribution in [2.45, 2.75) is 0 Å². The average molecular weight is 649 g/mol. The van der Waals surface area contributed by atoms with Crippen molar-refractivity contribution in [2.24, 2.45) is 0 Å². The number of hydrogen-bond acceptors (Lipinski definition) is 0. The molecule has 0 aromatic rings. The van der Waals surface area contributed by atoms with Crippen molar-refractivity contribution in [2.75, 3.05) is 0 Å². The molecule has 0 unspecified atom stereocenters. The Bertz CT molecular complexity index is 10.1. The summed E-state index contributed by atoms with van der Waals surface area (Å²) in [7, 11) is 0. The van der Waals surface area contributed by atoms with Crippen LogP contribution >= 0.6 is 0 Å². The molecule has 0 nitrogen and oxygen atoms in total. The predicted octanol–water partition coefficient (Wildman–Crippen LogP) is -6.35. The fourth-order valence-electron chi connectivity index (χ4n) is 0. The van der Waals surface area contributed by atoms with Gasteiger partial charge in [-0.1, -0.05) is 0 Å². The van der Waals surface area contributed by atoms with Gasteiger partial charge in [0.05, 0.1) is 0 Å². The summed E-state index contributed by atoms with van der Waals surface area (Å²) in [5, 5.41) is 0. The Morgan fingerprint density at radius 2 is 0.429 bits per heavy atom. The van der Waals surface area contributed by atoms with Gasteiger partial charge >= 0.3 is 152 Å². The third-order valence-electron chi connectivity index (χ3n) is 0. The first-order valence-corrected chi connectivity index (χ1v) is 0. The van der Waals surface area contributed by atoms with Crippen LogP contribution in [-0.4, -0.2) is 93.1 Å². The third kappa shape index (κ3) is 35.8. The summed E-state index contributed by atoms with van der Waals surface area (Å²) in [6.45, 7) is 0. The van der Waals surface area contributed by atoms with Crippen LogP contribution in [0.4, 0.5) is 0 Å². The van der Waals surface area contributed by atoms with Gasteiger partial charge in [-0.15, -0.1) is 0 Å². The van der Waals surface area contributed by atoms with E-state index >= 15 is 0 Å². The fourth-order valence-corrected chi connectivity index (χ4v) is 0. The van der Waals surface area contributed by atoms with Gasteiger partial charge < -0.3 is 0 Å². The Labute approximate surface area is 148 Å². The first-order chi connectivity index (χ1) is 0. The van der Waals surface area contributed by atoms with Gasteiger partial charge in [0, 0.05) is 0 Å². The molecule has 0 saturated carbocycles. The Morgan fingerprint density at radius 1 is 0.429 bits per heavy atom. The molecule has 7 heavy (non-hydrogen) atoms. The molecule has 0 aliphatic rings. The number of hydrogen-bond donors (Lipinski definition) is 0. The molecular weight excluding hydrogens is 631 g/mol. The third-order valence-corrected chi connectivity index (χ3v) is 0. The minimum atomic E-state index is 0. The molecule has 0 aromatic heterocycles. The molecule has 0 aliphatic heterocycles. The Hall–Kier alpha value is 4.96. The molecule has 0 atom stereocenters. The van der Waals surface area contributed by atoms with Gasteiger partial charge in [-0.25, -0.2) is 0 Å². The fraction of sp³-hybridized carbons (Fsp3) is 0. The van der Waals surface area contributed by atoms with Crippen molar-refractivity contribution in [1.29, 1.82) is 0 Å². The van der Waals surface area contributed by atoms with E-state index in [1.807, 2.05) is 0 Å². The van der Waals surface area contributed by atoms with Crippen molar-refractivity contribution in [1.82, 2.24) is 0 Å². The van der Waals surface area contributed by atoms with Crippen LogP contribution in [-0.2, 0) is 58.4 Å². The Balaban J connectivity index is 0. The Kier molecular flexibility index (Phi) is 369. The van der Waals surface area contributed by atoms with Crippen molar-refractivity contribution < 1.29 is 58.4 Å². The molecule has 0 bridgehead atoms. The molecule has 0 fully saturated rings. The van der Waals surface area contributed by atoms with Gasteiger partial charge in [0.25, 0.3) is 0 Å². The second kappa shape index (κ2) is 44.2. The van der Waals surface area contributed by atoms with E-state index in [1.165, 1.54) is 0 Å². The van der Waals surface area contributed by atoms with Gasteiger partial charge in [-0.05, 0) is 0 Å². The van der Waals surface area contributed by atoms with Crippen LogP contribution in [0.25, 0.3) is 0 Å². The van der Waals surface area contributed by atoms with Gasteiger partial charge in [0.2, 0.25) is 0 Å². The maximum Gasteiger partial charge on any atom is 2.00 e. The summed E-state index contributed by atoms with van der Waals surface area (Å²) < 4.78 is 0. The van der Waals surface area contributed by atoms with Crippen molar-refractivity contribution in [3.05, 3.63) is 0 Å². The zero-order valence-corrected chi connectivity index (χ0v) is 14.0. The maximum absolute atomic E-state index is 0. The molecule has 42 valence electrons. The molecule has 0 aliphatic carbocycles. The molecule has 0 heterocycles. The van der Waals surface area contributed by atoms with Gasteiger partial charge in [-0.3, -0.25) is 0 Å². The normalized spacial score (nSPS) is 0. The summed E-state index contributed by atoms with van der Waals surface area (Å²) in [5.41, 5.74) is 0. The van der Waals surface area contributed by atoms with Crippen LogP contribution in [0, 0.1) is 0 Å². The van der Waals surface area contributed by atoms with E-state index in [-0.39, 0.29) is 152 Å². The zero-order chi connectivity index (χ0) is 0. The van der Waals surface area contributed by atoms with Crippen molar-refractivity contribution in [3.8, 4) is 0 Å². The van der Waals surface area contributed by atoms with Crippen LogP contribution in [0.3, 0.4) is 0 Å². The van der Waals surface area contributed by atoms with Gasteiger partial charge in [0.15, 0.2) is 0 Å². The van der Waals surface area contributed by atoms with Crippen LogP contribution in [0.5, 0.6) is 0 Å². The molecule has 0 aromatic carbocycles. The summed E-state index contributed by atoms with van der Waals surface area (Å²) in [6, 6.07) is 0. The van der Waals surface area contributed by atoms with Crippen LogP contribution in [0.2, 0.25) is 0 Å². The van der Waals surface area contributed by atoms with E-state index in [9.17, 15) is 0 Å². The average Bonchev–Trinajstić information content (AvgIpc) is 0. The van der Waals surface area contributed by atoms with Gasteiger partial charge in [0.1, 0.15) is 0 Å². The van der Waals surface area contributed by atoms with Crippen LogP contribution in [0.1, 0.15) is 0 Å². The second-order valence-electron chi connectivity index (χ2n) is 0. The van der Waals surface area contributed by atoms with Crippen molar-refractivity contribution >= 4 is 93.1 Å². The number of rotatable bonds is 0. The monoisotopic (exact) mass is 642 g/mol. The molecule has 0 amide bonds. The summed E-state index contributed by atoms with van der Waals surface area (Å²) in [4.78, 5) is 0. The maximum atomic E-state index is 0. The van der Waals surface area contributed by atoms with E-state index in [0.717, 1.165) is 0 Å². The largest absolute Gasteiger partial charge is 2.00 e. The molecule has 7 heteroatoms. The van der Waals surface area contributed by atoms with E-state index in [1.54, 1.807) is 0 Å². The first kappa shape index (κ1) is 58.4. The first-order valence-electron chi connectivity index (χ1n) is 0. The molecular formula is H18GaSb3Zn3. The summed E-state index contributed by atoms with van der Waals surface area (Å²) >= 11 is 0. The minimum Gasteiger partial charge on any atom is 2.00 e. The predicted molar refractivity (Wildman–Crippen MR) is 48.1 cm³/mol. The quantitative estimate of drug-likeness (QED) is 0.230. The summed E-state index contributed by atoms with van der Waals surface area (Å²) in [6.07, 6.45) is 0. The van der Waals surface area contributed by atoms with Crippen LogP contribution < -0.4 is 0 Å². The van der Waals surface area contributed by atoms with E-state index in [4.69, 9.17) is 0 Å². The molecule has 0 spiro atoms. The zero-order valence-electron chi connectivity index (χ0n) is 2.70. The second-order valence-corrected chi connectivity index (χ2v) is 0. The Morgan fingerprint density at radius 3 is 0.429 bits per heavy atom. The van der Waals surface area contributed by atoms with Crippen LogP contribution in [0.15, 0.2) is 0 Å². The molecule has 0 N–H and O–H groups in total. The van der Waals surface area contributed by atoms with Gasteiger partial charge in [-0.2, -0.15) is 0 Å². The SMILES string of the molecule is [Ga+3].[SbH6-3].[SbH6-3].[SbH6-3].[Zn+2].[Zn+2].[Zn+2]. The smallest absolute Gasteiger partial charge is 2.00 e. The topological polar surface area (TPSA) is 0 Å². The van der Waals surface area contributed by atoms with E-state index in [2.05, 4.69) is 0 Å². The van der Waals surface area contributed by atoms with Crippen molar-refractivity contribution in [3.63, 3.8) is 0 Å². The molecule has 0 rings (SSSR count). The molecule has 0 saturated heterocycles. The molecule has 0 radical (unpaired) electrons. The van der Waals surface area contributed by atoms with E-state index in [0.29, 0.717) is 0 Å². The standard InChI is InChI=1S/Ga.3Sb.3Zn.18H/q+3;3*-3;3*+2;;;;;;;;;;;;;;;;;;. The summed E-state index contributed by atoms with van der Waals surface area (Å²) in [5.74, 6) is 0.